The van der Waals surface area contributed by atoms with Gasteiger partial charge in [-0.1, -0.05) is 19.3 Å². The molecule has 206 valence electrons. The Balaban J connectivity index is 1.32. The van der Waals surface area contributed by atoms with Crippen molar-refractivity contribution in [1.82, 2.24) is 29.3 Å². The van der Waals surface area contributed by atoms with Gasteiger partial charge in [0.1, 0.15) is 23.8 Å². The molecule has 0 spiro atoms. The fraction of sp³-hybridized carbons (Fsp3) is 0.483. The smallest absolute Gasteiger partial charge is 0.168 e. The Kier molecular flexibility index (Phi) is 6.76. The van der Waals surface area contributed by atoms with E-state index in [9.17, 15) is 9.50 Å². The molecule has 0 radical (unpaired) electrons. The van der Waals surface area contributed by atoms with Crippen molar-refractivity contribution >= 4 is 5.52 Å². The van der Waals surface area contributed by atoms with Crippen LogP contribution in [0.1, 0.15) is 56.0 Å². The van der Waals surface area contributed by atoms with Crippen molar-refractivity contribution in [3.8, 4) is 22.8 Å². The van der Waals surface area contributed by atoms with Crippen LogP contribution < -0.4 is 9.47 Å². The molecule has 1 aliphatic carbocycles. The highest BCUT2D eigenvalue weighted by Gasteiger charge is 2.30. The van der Waals surface area contributed by atoms with Gasteiger partial charge in [0.05, 0.1) is 43.1 Å². The lowest BCUT2D eigenvalue weighted by atomic mass is 9.93. The largest absolute Gasteiger partial charge is 0.493 e. The normalized spacial score (nSPS) is 18.2. The van der Waals surface area contributed by atoms with Crippen molar-refractivity contribution in [2.24, 2.45) is 0 Å². The third-order valence-electron chi connectivity index (χ3n) is 8.19. The Morgan fingerprint density at radius 2 is 1.95 bits per heavy atom. The summed E-state index contributed by atoms with van der Waals surface area (Å²) < 4.78 is 29.0. The molecule has 1 atom stereocenters. The van der Waals surface area contributed by atoms with E-state index in [0.717, 1.165) is 42.7 Å². The zero-order valence-electron chi connectivity index (χ0n) is 22.7. The molecular weight excluding hydrogens is 499 g/mol. The molecule has 4 aromatic rings. The van der Waals surface area contributed by atoms with Crippen LogP contribution in [-0.4, -0.2) is 60.7 Å². The molecular formula is C29H35FN6O3. The number of rotatable bonds is 7. The van der Waals surface area contributed by atoms with E-state index >= 15 is 0 Å². The Bertz CT molecular complexity index is 1470. The fourth-order valence-corrected chi connectivity index (χ4v) is 5.93. The maximum Gasteiger partial charge on any atom is 0.168 e. The van der Waals surface area contributed by atoms with Crippen LogP contribution in [0.15, 0.2) is 36.8 Å². The van der Waals surface area contributed by atoms with Crippen LogP contribution in [0.2, 0.25) is 0 Å². The van der Waals surface area contributed by atoms with Crippen LogP contribution in [0.25, 0.3) is 16.8 Å². The van der Waals surface area contributed by atoms with Gasteiger partial charge < -0.3 is 14.6 Å². The van der Waals surface area contributed by atoms with Gasteiger partial charge in [0.25, 0.3) is 0 Å². The highest BCUT2D eigenvalue weighted by atomic mass is 19.1. The minimum Gasteiger partial charge on any atom is -0.493 e. The number of aromatic nitrogens is 5. The SMILES string of the molecule is COc1cnn2cc(-c3nn4c(c3C)CN(C3CCCCC3)CC4)cc(OCC(C)(O)c3ccc(F)cn3)c12. The molecule has 0 bridgehead atoms. The molecule has 0 aromatic carbocycles. The van der Waals surface area contributed by atoms with Crippen LogP contribution in [0.3, 0.4) is 0 Å². The van der Waals surface area contributed by atoms with Gasteiger partial charge in [-0.3, -0.25) is 14.6 Å². The van der Waals surface area contributed by atoms with E-state index in [1.165, 1.54) is 49.9 Å². The molecule has 1 fully saturated rings. The van der Waals surface area contributed by atoms with Gasteiger partial charge >= 0.3 is 0 Å². The van der Waals surface area contributed by atoms with Crippen molar-refractivity contribution in [2.45, 2.75) is 70.7 Å². The van der Waals surface area contributed by atoms with E-state index in [2.05, 4.69) is 26.6 Å². The van der Waals surface area contributed by atoms with Gasteiger partial charge in [0.2, 0.25) is 0 Å². The summed E-state index contributed by atoms with van der Waals surface area (Å²) in [5, 5.41) is 20.6. The number of fused-ring (bicyclic) bond motifs is 2. The van der Waals surface area contributed by atoms with Crippen LogP contribution in [0.4, 0.5) is 4.39 Å². The number of pyridine rings is 2. The summed E-state index contributed by atoms with van der Waals surface area (Å²) in [6.45, 7) is 6.44. The van der Waals surface area contributed by atoms with Crippen molar-refractivity contribution in [3.63, 3.8) is 0 Å². The lowest BCUT2D eigenvalue weighted by Crippen LogP contribution is -2.42. The zero-order chi connectivity index (χ0) is 27.1. The lowest BCUT2D eigenvalue weighted by molar-refractivity contribution is 0.00417. The van der Waals surface area contributed by atoms with E-state index in [1.54, 1.807) is 24.7 Å². The lowest BCUT2D eigenvalue weighted by Gasteiger charge is -2.37. The van der Waals surface area contributed by atoms with Gasteiger partial charge in [-0.05, 0) is 50.5 Å². The predicted molar refractivity (Wildman–Crippen MR) is 144 cm³/mol. The highest BCUT2D eigenvalue weighted by molar-refractivity contribution is 5.75. The molecule has 1 N–H and O–H groups in total. The molecule has 5 heterocycles. The molecule has 0 amide bonds. The highest BCUT2D eigenvalue weighted by Crippen LogP contribution is 2.37. The third kappa shape index (κ3) is 4.87. The minimum atomic E-state index is -1.44. The first-order valence-electron chi connectivity index (χ1n) is 13.7. The molecule has 9 nitrogen and oxygen atoms in total. The molecule has 39 heavy (non-hydrogen) atoms. The monoisotopic (exact) mass is 534 g/mol. The summed E-state index contributed by atoms with van der Waals surface area (Å²) >= 11 is 0. The average Bonchev–Trinajstić information content (AvgIpc) is 3.53. The molecule has 1 unspecified atom stereocenters. The molecule has 1 aliphatic heterocycles. The maximum absolute atomic E-state index is 13.4. The van der Waals surface area contributed by atoms with Gasteiger partial charge in [-0.15, -0.1) is 0 Å². The Morgan fingerprint density at radius 1 is 1.13 bits per heavy atom. The number of aliphatic hydroxyl groups is 1. The number of nitrogens with zero attached hydrogens (tertiary/aromatic N) is 6. The van der Waals surface area contributed by atoms with Crippen LogP contribution in [0, 0.1) is 12.7 Å². The standard InChI is InChI=1S/C29H35FN6O3/c1-19-23-17-34(22-7-5-4-6-8-22)11-12-35(23)33-27(19)20-13-24(28-25(38-3)15-32-36(28)16-20)39-18-29(2,37)26-10-9-21(30)14-31-26/h9-10,13-16,22,37H,4-8,11-12,17-18H2,1-3H3. The van der Waals surface area contributed by atoms with Crippen LogP contribution in [-0.2, 0) is 18.7 Å². The fourth-order valence-electron chi connectivity index (χ4n) is 5.93. The first-order valence-corrected chi connectivity index (χ1v) is 13.7. The van der Waals surface area contributed by atoms with Gasteiger partial charge in [-0.2, -0.15) is 10.2 Å². The summed E-state index contributed by atoms with van der Waals surface area (Å²) in [7, 11) is 1.58. The summed E-state index contributed by atoms with van der Waals surface area (Å²) in [6, 6.07) is 5.32. The number of halogens is 1. The van der Waals surface area contributed by atoms with E-state index in [4.69, 9.17) is 14.6 Å². The van der Waals surface area contributed by atoms with E-state index in [0.29, 0.717) is 28.8 Å². The second-order valence-electron chi connectivity index (χ2n) is 10.9. The summed E-state index contributed by atoms with van der Waals surface area (Å²) in [4.78, 5) is 6.67. The number of methoxy groups -OCH3 is 1. The van der Waals surface area contributed by atoms with Gasteiger partial charge in [0, 0.05) is 30.9 Å². The second kappa shape index (κ2) is 10.2. The predicted octanol–water partition coefficient (Wildman–Crippen LogP) is 4.48. The Hall–Kier alpha value is -3.50. The van der Waals surface area contributed by atoms with E-state index < -0.39 is 11.4 Å². The Labute approximate surface area is 227 Å². The van der Waals surface area contributed by atoms with Crippen molar-refractivity contribution in [2.75, 3.05) is 20.3 Å². The number of hydrogen-bond donors (Lipinski definition) is 1. The topological polar surface area (TPSA) is 89.9 Å². The third-order valence-corrected chi connectivity index (χ3v) is 8.19. The Morgan fingerprint density at radius 3 is 2.69 bits per heavy atom. The number of hydrogen-bond acceptors (Lipinski definition) is 7. The van der Waals surface area contributed by atoms with E-state index in [1.807, 2.05) is 12.3 Å². The molecule has 1 saturated carbocycles. The molecule has 4 aromatic heterocycles. The first-order chi connectivity index (χ1) is 18.8. The van der Waals surface area contributed by atoms with Gasteiger partial charge in [-0.25, -0.2) is 8.91 Å². The summed E-state index contributed by atoms with van der Waals surface area (Å²) in [6.07, 6.45) is 11.2. The molecule has 10 heteroatoms. The molecule has 6 rings (SSSR count). The van der Waals surface area contributed by atoms with Crippen LogP contribution in [0.5, 0.6) is 11.5 Å². The quantitative estimate of drug-likeness (QED) is 0.374. The molecule has 0 saturated heterocycles. The number of ether oxygens (including phenoxy) is 2. The van der Waals surface area contributed by atoms with Crippen molar-refractivity contribution < 1.29 is 19.0 Å². The summed E-state index contributed by atoms with van der Waals surface area (Å²) in [5.41, 5.74) is 3.69. The van der Waals surface area contributed by atoms with E-state index in [-0.39, 0.29) is 6.61 Å². The van der Waals surface area contributed by atoms with Crippen molar-refractivity contribution in [3.05, 3.63) is 59.6 Å². The minimum absolute atomic E-state index is 0.103. The van der Waals surface area contributed by atoms with Gasteiger partial charge in [0.15, 0.2) is 11.3 Å². The zero-order valence-corrected chi connectivity index (χ0v) is 22.7. The van der Waals surface area contributed by atoms with Crippen molar-refractivity contribution in [1.29, 1.82) is 0 Å². The van der Waals surface area contributed by atoms with Crippen LogP contribution >= 0.6 is 0 Å². The maximum atomic E-state index is 13.4. The summed E-state index contributed by atoms with van der Waals surface area (Å²) in [5.74, 6) is 0.590. The molecule has 2 aliphatic rings. The second-order valence-corrected chi connectivity index (χ2v) is 10.9. The first kappa shape index (κ1) is 25.8. The average molecular weight is 535 g/mol.